The third-order valence-electron chi connectivity index (χ3n) is 3.76. The van der Waals surface area contributed by atoms with Crippen LogP contribution < -0.4 is 5.32 Å². The predicted octanol–water partition coefficient (Wildman–Crippen LogP) is 2.29. The zero-order valence-electron chi connectivity index (χ0n) is 9.78. The Balaban J connectivity index is 1.84. The van der Waals surface area contributed by atoms with Crippen LogP contribution in [0.2, 0.25) is 0 Å². The zero-order chi connectivity index (χ0) is 11.0. The van der Waals surface area contributed by atoms with Crippen LogP contribution in [0.4, 0.5) is 0 Å². The van der Waals surface area contributed by atoms with Crippen LogP contribution in [0.25, 0.3) is 0 Å². The molecule has 2 unspecified atom stereocenters. The predicted molar refractivity (Wildman–Crippen MR) is 67.9 cm³/mol. The fraction of sp³-hybridized carbons (Fsp3) is 0.750. The lowest BCUT2D eigenvalue weighted by Crippen LogP contribution is -2.10. The van der Waals surface area contributed by atoms with Gasteiger partial charge in [0.25, 0.3) is 0 Å². The first-order chi connectivity index (χ1) is 7.86. The molecule has 88 valence electrons. The number of aromatic nitrogens is 2. The average molecular weight is 237 g/mol. The SMILES string of the molecule is Cc1c(C2CCNC2)cnn1C1CCCS1. The van der Waals surface area contributed by atoms with Gasteiger partial charge in [-0.1, -0.05) is 0 Å². The lowest BCUT2D eigenvalue weighted by Gasteiger charge is -2.13. The Morgan fingerprint density at radius 1 is 1.50 bits per heavy atom. The quantitative estimate of drug-likeness (QED) is 0.856. The third kappa shape index (κ3) is 1.78. The molecule has 3 heterocycles. The van der Waals surface area contributed by atoms with Crippen molar-refractivity contribution in [3.05, 3.63) is 17.5 Å². The molecule has 3 nitrogen and oxygen atoms in total. The highest BCUT2D eigenvalue weighted by Crippen LogP contribution is 2.37. The Labute approximate surface area is 101 Å². The number of rotatable bonds is 2. The Kier molecular flexibility index (Phi) is 2.94. The van der Waals surface area contributed by atoms with Crippen molar-refractivity contribution in [2.24, 2.45) is 0 Å². The highest BCUT2D eigenvalue weighted by molar-refractivity contribution is 7.99. The van der Waals surface area contributed by atoms with Crippen LogP contribution in [0.1, 0.15) is 41.8 Å². The van der Waals surface area contributed by atoms with Gasteiger partial charge in [0.2, 0.25) is 0 Å². The monoisotopic (exact) mass is 237 g/mol. The highest BCUT2D eigenvalue weighted by Gasteiger charge is 2.25. The largest absolute Gasteiger partial charge is 0.316 e. The summed E-state index contributed by atoms with van der Waals surface area (Å²) >= 11 is 2.05. The van der Waals surface area contributed by atoms with E-state index in [1.807, 2.05) is 0 Å². The summed E-state index contributed by atoms with van der Waals surface area (Å²) in [5.41, 5.74) is 2.87. The topological polar surface area (TPSA) is 29.9 Å². The minimum atomic E-state index is 0.600. The minimum absolute atomic E-state index is 0.600. The van der Waals surface area contributed by atoms with E-state index in [0.717, 1.165) is 13.1 Å². The molecule has 0 bridgehead atoms. The second-order valence-corrected chi connectivity index (χ2v) is 6.07. The minimum Gasteiger partial charge on any atom is -0.316 e. The van der Waals surface area contributed by atoms with Gasteiger partial charge in [0.1, 0.15) is 0 Å². The van der Waals surface area contributed by atoms with E-state index in [1.165, 1.54) is 36.3 Å². The molecule has 1 aromatic heterocycles. The summed E-state index contributed by atoms with van der Waals surface area (Å²) in [6.07, 6.45) is 6.00. The second kappa shape index (κ2) is 4.41. The molecule has 0 saturated carbocycles. The number of hydrogen-bond donors (Lipinski definition) is 1. The molecule has 0 spiro atoms. The van der Waals surface area contributed by atoms with Crippen molar-refractivity contribution in [2.45, 2.75) is 37.5 Å². The van der Waals surface area contributed by atoms with Gasteiger partial charge in [-0.15, -0.1) is 11.8 Å². The van der Waals surface area contributed by atoms with Gasteiger partial charge in [-0.2, -0.15) is 5.10 Å². The van der Waals surface area contributed by atoms with E-state index in [1.54, 1.807) is 0 Å². The van der Waals surface area contributed by atoms with Gasteiger partial charge >= 0.3 is 0 Å². The Morgan fingerprint density at radius 2 is 2.44 bits per heavy atom. The summed E-state index contributed by atoms with van der Waals surface area (Å²) in [6, 6.07) is 0. The Hall–Kier alpha value is -0.480. The molecule has 3 rings (SSSR count). The van der Waals surface area contributed by atoms with E-state index in [-0.39, 0.29) is 0 Å². The standard InChI is InChI=1S/C12H19N3S/c1-9-11(10-4-5-13-7-10)8-14-15(9)12-3-2-6-16-12/h8,10,12-13H,2-7H2,1H3. The molecular formula is C12H19N3S. The van der Waals surface area contributed by atoms with Crippen molar-refractivity contribution in [3.63, 3.8) is 0 Å². The molecule has 0 aliphatic carbocycles. The van der Waals surface area contributed by atoms with Crippen LogP contribution in [0, 0.1) is 6.92 Å². The van der Waals surface area contributed by atoms with Crippen LogP contribution >= 0.6 is 11.8 Å². The van der Waals surface area contributed by atoms with Gasteiger partial charge in [0.05, 0.1) is 11.6 Å². The van der Waals surface area contributed by atoms with Crippen molar-refractivity contribution in [3.8, 4) is 0 Å². The summed E-state index contributed by atoms with van der Waals surface area (Å²) in [6.45, 7) is 4.53. The maximum atomic E-state index is 4.61. The molecule has 4 heteroatoms. The molecule has 2 atom stereocenters. The van der Waals surface area contributed by atoms with E-state index in [4.69, 9.17) is 0 Å². The molecule has 0 amide bonds. The maximum absolute atomic E-state index is 4.61. The van der Waals surface area contributed by atoms with Crippen molar-refractivity contribution in [2.75, 3.05) is 18.8 Å². The van der Waals surface area contributed by atoms with Crippen molar-refractivity contribution < 1.29 is 0 Å². The molecule has 2 aliphatic rings. The maximum Gasteiger partial charge on any atom is 0.0974 e. The van der Waals surface area contributed by atoms with Gasteiger partial charge in [-0.25, -0.2) is 0 Å². The first-order valence-electron chi connectivity index (χ1n) is 6.22. The van der Waals surface area contributed by atoms with Gasteiger partial charge in [0, 0.05) is 18.2 Å². The molecule has 0 radical (unpaired) electrons. The second-order valence-electron chi connectivity index (χ2n) is 4.79. The van der Waals surface area contributed by atoms with Crippen molar-refractivity contribution in [1.82, 2.24) is 15.1 Å². The summed E-state index contributed by atoms with van der Waals surface area (Å²) in [5.74, 6) is 1.99. The Morgan fingerprint density at radius 3 is 3.12 bits per heavy atom. The Bertz CT molecular complexity index is 329. The van der Waals surface area contributed by atoms with Crippen molar-refractivity contribution >= 4 is 11.8 Å². The van der Waals surface area contributed by atoms with E-state index in [9.17, 15) is 0 Å². The molecular weight excluding hydrogens is 218 g/mol. The highest BCUT2D eigenvalue weighted by atomic mass is 32.2. The first-order valence-corrected chi connectivity index (χ1v) is 7.27. The number of nitrogens with one attached hydrogen (secondary N) is 1. The van der Waals surface area contributed by atoms with E-state index < -0.39 is 0 Å². The molecule has 2 fully saturated rings. The lowest BCUT2D eigenvalue weighted by atomic mass is 9.99. The molecule has 1 aromatic rings. The van der Waals surface area contributed by atoms with Crippen LogP contribution in [-0.4, -0.2) is 28.6 Å². The summed E-state index contributed by atoms with van der Waals surface area (Å²) in [4.78, 5) is 0. The molecule has 2 saturated heterocycles. The molecule has 1 N–H and O–H groups in total. The van der Waals surface area contributed by atoms with E-state index in [0.29, 0.717) is 11.3 Å². The average Bonchev–Trinajstić information content (AvgIpc) is 2.96. The number of hydrogen-bond acceptors (Lipinski definition) is 3. The van der Waals surface area contributed by atoms with E-state index in [2.05, 4.69) is 40.0 Å². The zero-order valence-corrected chi connectivity index (χ0v) is 10.6. The van der Waals surface area contributed by atoms with Gasteiger partial charge < -0.3 is 5.32 Å². The van der Waals surface area contributed by atoms with Crippen molar-refractivity contribution in [1.29, 1.82) is 0 Å². The van der Waals surface area contributed by atoms with Crippen LogP contribution in [0.15, 0.2) is 6.20 Å². The smallest absolute Gasteiger partial charge is 0.0974 e. The van der Waals surface area contributed by atoms with Crippen LogP contribution in [0.5, 0.6) is 0 Å². The summed E-state index contributed by atoms with van der Waals surface area (Å²) in [5, 5.41) is 8.65. The number of thioether (sulfide) groups is 1. The number of nitrogens with zero attached hydrogens (tertiary/aromatic N) is 2. The van der Waals surface area contributed by atoms with Gasteiger partial charge in [-0.05, 0) is 44.0 Å². The van der Waals surface area contributed by atoms with E-state index >= 15 is 0 Å². The molecule has 2 aliphatic heterocycles. The third-order valence-corrected chi connectivity index (χ3v) is 5.11. The fourth-order valence-electron chi connectivity index (χ4n) is 2.80. The van der Waals surface area contributed by atoms with Crippen LogP contribution in [-0.2, 0) is 0 Å². The lowest BCUT2D eigenvalue weighted by molar-refractivity contribution is 0.562. The first kappa shape index (κ1) is 10.7. The van der Waals surface area contributed by atoms with Gasteiger partial charge in [-0.3, -0.25) is 4.68 Å². The summed E-state index contributed by atoms with van der Waals surface area (Å²) in [7, 11) is 0. The summed E-state index contributed by atoms with van der Waals surface area (Å²) < 4.78 is 2.26. The van der Waals surface area contributed by atoms with Gasteiger partial charge in [0.15, 0.2) is 0 Å². The fourth-order valence-corrected chi connectivity index (χ4v) is 4.09. The van der Waals surface area contributed by atoms with Crippen LogP contribution in [0.3, 0.4) is 0 Å². The molecule has 0 aromatic carbocycles. The molecule has 16 heavy (non-hydrogen) atoms. The normalized spacial score (nSPS) is 30.1.